The second-order valence-corrected chi connectivity index (χ2v) is 6.53. The van der Waals surface area contributed by atoms with Crippen LogP contribution in [-0.2, 0) is 0 Å². The van der Waals surface area contributed by atoms with Crippen LogP contribution in [0.25, 0.3) is 0 Å². The maximum atomic E-state index is 2.36. The van der Waals surface area contributed by atoms with E-state index in [-0.39, 0.29) is 0 Å². The second-order valence-electron chi connectivity index (χ2n) is 4.73. The fourth-order valence-electron chi connectivity index (χ4n) is 1.33. The molecule has 0 nitrogen and oxygen atoms in total. The highest BCUT2D eigenvalue weighted by molar-refractivity contribution is 8.00. The Kier molecular flexibility index (Phi) is 8.86. The summed E-state index contributed by atoms with van der Waals surface area (Å²) in [5.41, 5.74) is 0. The summed E-state index contributed by atoms with van der Waals surface area (Å²) in [5.74, 6) is 1.35. The summed E-state index contributed by atoms with van der Waals surface area (Å²) < 4.78 is 0.503. The molecule has 0 aromatic heterocycles. The van der Waals surface area contributed by atoms with Crippen LogP contribution in [0.3, 0.4) is 0 Å². The van der Waals surface area contributed by atoms with Crippen molar-refractivity contribution < 1.29 is 0 Å². The lowest BCUT2D eigenvalue weighted by molar-refractivity contribution is 0.624. The first-order chi connectivity index (χ1) is 6.62. The zero-order valence-corrected chi connectivity index (χ0v) is 11.4. The van der Waals surface area contributed by atoms with E-state index in [1.807, 2.05) is 0 Å². The molecule has 0 aromatic carbocycles. The number of hydrogen-bond donors (Lipinski definition) is 0. The van der Waals surface area contributed by atoms with E-state index in [2.05, 4.69) is 39.5 Å². The summed E-state index contributed by atoms with van der Waals surface area (Å²) in [7, 11) is 0. The van der Waals surface area contributed by atoms with E-state index in [9.17, 15) is 0 Å². The van der Waals surface area contributed by atoms with Crippen LogP contribution in [0, 0.1) is 0 Å². The molecule has 0 saturated carbocycles. The van der Waals surface area contributed by atoms with E-state index < -0.39 is 0 Å². The van der Waals surface area contributed by atoms with E-state index in [1.165, 1.54) is 50.7 Å². The molecule has 0 spiro atoms. The Bertz CT molecular complexity index is 118. The van der Waals surface area contributed by atoms with Gasteiger partial charge in [-0.25, -0.2) is 0 Å². The molecule has 0 heterocycles. The van der Waals surface area contributed by atoms with Gasteiger partial charge in [0, 0.05) is 4.75 Å². The first-order valence-corrected chi connectivity index (χ1v) is 7.25. The maximum absolute atomic E-state index is 2.36. The van der Waals surface area contributed by atoms with Crippen LogP contribution in [0.15, 0.2) is 0 Å². The van der Waals surface area contributed by atoms with Crippen molar-refractivity contribution in [1.82, 2.24) is 0 Å². The molecule has 1 heteroatoms. The topological polar surface area (TPSA) is 0 Å². The number of thioether (sulfide) groups is 1. The van der Waals surface area contributed by atoms with Crippen molar-refractivity contribution in [2.45, 2.75) is 77.4 Å². The summed E-state index contributed by atoms with van der Waals surface area (Å²) in [6.07, 6.45) is 9.81. The summed E-state index contributed by atoms with van der Waals surface area (Å²) >= 11 is 2.14. The summed E-state index contributed by atoms with van der Waals surface area (Å²) in [4.78, 5) is 0. The fraction of sp³-hybridized carbons (Fsp3) is 1.00. The molecule has 0 radical (unpaired) electrons. The molecule has 0 aromatic rings. The molecular formula is C13H28S. The van der Waals surface area contributed by atoms with Crippen LogP contribution < -0.4 is 0 Å². The van der Waals surface area contributed by atoms with Crippen LogP contribution in [-0.4, -0.2) is 10.5 Å². The summed E-state index contributed by atoms with van der Waals surface area (Å²) in [6, 6.07) is 0. The highest BCUT2D eigenvalue weighted by Gasteiger charge is 2.14. The van der Waals surface area contributed by atoms with Gasteiger partial charge in [0.1, 0.15) is 0 Å². The molecule has 0 amide bonds. The predicted molar refractivity (Wildman–Crippen MR) is 70.2 cm³/mol. The molecule has 86 valence electrons. The third-order valence-corrected chi connectivity index (χ3v) is 4.41. The van der Waals surface area contributed by atoms with Crippen LogP contribution in [0.2, 0.25) is 0 Å². The highest BCUT2D eigenvalue weighted by Crippen LogP contribution is 2.28. The molecule has 14 heavy (non-hydrogen) atoms. The zero-order chi connectivity index (χ0) is 10.9. The standard InChI is InChI=1S/C13H28S/c1-5-7-8-9-10-11-12-14-13(3,4)6-2/h5-12H2,1-4H3. The van der Waals surface area contributed by atoms with Gasteiger partial charge in [-0.05, 0) is 18.6 Å². The largest absolute Gasteiger partial charge is 0.156 e. The third kappa shape index (κ3) is 8.93. The van der Waals surface area contributed by atoms with Crippen molar-refractivity contribution in [2.75, 3.05) is 5.75 Å². The first-order valence-electron chi connectivity index (χ1n) is 6.26. The van der Waals surface area contributed by atoms with Crippen molar-refractivity contribution in [3.63, 3.8) is 0 Å². The predicted octanol–water partition coefficient (Wildman–Crippen LogP) is 5.27. The molecule has 0 aliphatic heterocycles. The quantitative estimate of drug-likeness (QED) is 0.473. The first kappa shape index (κ1) is 14.3. The van der Waals surface area contributed by atoms with E-state index in [1.54, 1.807) is 0 Å². The van der Waals surface area contributed by atoms with Crippen molar-refractivity contribution in [3.05, 3.63) is 0 Å². The van der Waals surface area contributed by atoms with Gasteiger partial charge in [0.25, 0.3) is 0 Å². The minimum Gasteiger partial charge on any atom is -0.156 e. The highest BCUT2D eigenvalue weighted by atomic mass is 32.2. The Morgan fingerprint density at radius 2 is 1.43 bits per heavy atom. The monoisotopic (exact) mass is 216 g/mol. The summed E-state index contributed by atoms with van der Waals surface area (Å²) in [6.45, 7) is 9.28. The fourth-order valence-corrected chi connectivity index (χ4v) is 2.44. The van der Waals surface area contributed by atoms with Gasteiger partial charge in [-0.3, -0.25) is 0 Å². The Morgan fingerprint density at radius 3 is 2.00 bits per heavy atom. The van der Waals surface area contributed by atoms with Gasteiger partial charge >= 0.3 is 0 Å². The summed E-state index contributed by atoms with van der Waals surface area (Å²) in [5, 5.41) is 0. The molecule has 0 N–H and O–H groups in total. The van der Waals surface area contributed by atoms with E-state index in [4.69, 9.17) is 0 Å². The number of unbranched alkanes of at least 4 members (excludes halogenated alkanes) is 5. The van der Waals surface area contributed by atoms with Gasteiger partial charge in [-0.15, -0.1) is 0 Å². The molecule has 0 bridgehead atoms. The minimum absolute atomic E-state index is 0.503. The Labute approximate surface area is 95.2 Å². The molecule has 0 aliphatic carbocycles. The SMILES string of the molecule is CCCCCCCCSC(C)(C)CC. The van der Waals surface area contributed by atoms with Crippen molar-refractivity contribution >= 4 is 11.8 Å². The normalized spacial score (nSPS) is 12.0. The molecular weight excluding hydrogens is 188 g/mol. The second kappa shape index (κ2) is 8.64. The molecule has 0 fully saturated rings. The van der Waals surface area contributed by atoms with Crippen molar-refractivity contribution in [2.24, 2.45) is 0 Å². The van der Waals surface area contributed by atoms with Crippen LogP contribution >= 0.6 is 11.8 Å². The molecule has 0 atom stereocenters. The van der Waals surface area contributed by atoms with E-state index in [0.29, 0.717) is 4.75 Å². The number of hydrogen-bond acceptors (Lipinski definition) is 1. The molecule has 0 rings (SSSR count). The van der Waals surface area contributed by atoms with Crippen LogP contribution in [0.1, 0.15) is 72.6 Å². The van der Waals surface area contributed by atoms with Crippen LogP contribution in [0.5, 0.6) is 0 Å². The lowest BCUT2D eigenvalue weighted by atomic mass is 10.1. The minimum atomic E-state index is 0.503. The molecule has 0 aliphatic rings. The van der Waals surface area contributed by atoms with Crippen LogP contribution in [0.4, 0.5) is 0 Å². The number of rotatable bonds is 9. The maximum Gasteiger partial charge on any atom is 0.0101 e. The van der Waals surface area contributed by atoms with Gasteiger partial charge in [0.05, 0.1) is 0 Å². The van der Waals surface area contributed by atoms with Gasteiger partial charge in [-0.2, -0.15) is 11.8 Å². The Hall–Kier alpha value is 0.350. The third-order valence-electron chi connectivity index (χ3n) is 2.84. The van der Waals surface area contributed by atoms with E-state index in [0.717, 1.165) is 0 Å². The Morgan fingerprint density at radius 1 is 0.857 bits per heavy atom. The van der Waals surface area contributed by atoms with Gasteiger partial charge < -0.3 is 0 Å². The van der Waals surface area contributed by atoms with Gasteiger partial charge in [0.15, 0.2) is 0 Å². The van der Waals surface area contributed by atoms with Gasteiger partial charge in [0.2, 0.25) is 0 Å². The average molecular weight is 216 g/mol. The molecule has 0 saturated heterocycles. The zero-order valence-electron chi connectivity index (χ0n) is 10.6. The Balaban J connectivity index is 3.13. The molecule has 0 unspecified atom stereocenters. The average Bonchev–Trinajstić information content (AvgIpc) is 2.16. The van der Waals surface area contributed by atoms with Crippen molar-refractivity contribution in [1.29, 1.82) is 0 Å². The van der Waals surface area contributed by atoms with E-state index >= 15 is 0 Å². The smallest absolute Gasteiger partial charge is 0.0101 e. The lowest BCUT2D eigenvalue weighted by Crippen LogP contribution is -2.13. The lowest BCUT2D eigenvalue weighted by Gasteiger charge is -2.21. The van der Waals surface area contributed by atoms with Gasteiger partial charge in [-0.1, -0.05) is 59.8 Å². The van der Waals surface area contributed by atoms with Crippen molar-refractivity contribution in [3.8, 4) is 0 Å².